The third kappa shape index (κ3) is 3.77. The van der Waals surface area contributed by atoms with Gasteiger partial charge in [0.1, 0.15) is 11.9 Å². The molecule has 0 bridgehead atoms. The van der Waals surface area contributed by atoms with Crippen molar-refractivity contribution in [2.45, 2.75) is 13.0 Å². The molecule has 0 radical (unpaired) electrons. The number of hydrogen-bond donors (Lipinski definition) is 0. The molecule has 4 nitrogen and oxygen atoms in total. The lowest BCUT2D eigenvalue weighted by atomic mass is 10.0. The first-order valence-corrected chi connectivity index (χ1v) is 8.35. The van der Waals surface area contributed by atoms with Crippen LogP contribution in [0.4, 0.5) is 0 Å². The summed E-state index contributed by atoms with van der Waals surface area (Å²) in [6, 6.07) is 18.3. The van der Waals surface area contributed by atoms with E-state index in [1.54, 1.807) is 7.11 Å². The van der Waals surface area contributed by atoms with Gasteiger partial charge >= 0.3 is 0 Å². The van der Waals surface area contributed by atoms with Gasteiger partial charge in [0.2, 0.25) is 0 Å². The van der Waals surface area contributed by atoms with Gasteiger partial charge in [0.15, 0.2) is 0 Å². The van der Waals surface area contributed by atoms with Crippen molar-refractivity contribution in [3.63, 3.8) is 0 Å². The Bertz CT molecular complexity index is 685. The van der Waals surface area contributed by atoms with Crippen molar-refractivity contribution in [3.05, 3.63) is 65.7 Å². The summed E-state index contributed by atoms with van der Waals surface area (Å²) in [5.74, 6) is 1.96. The molecule has 0 saturated carbocycles. The average Bonchev–Trinajstić information content (AvgIpc) is 3.04. The van der Waals surface area contributed by atoms with Crippen LogP contribution in [-0.2, 0) is 4.74 Å². The van der Waals surface area contributed by atoms with E-state index < -0.39 is 0 Å². The summed E-state index contributed by atoms with van der Waals surface area (Å²) in [7, 11) is 1.70. The lowest BCUT2D eigenvalue weighted by Gasteiger charge is -2.23. The molecule has 0 N–H and O–H groups in total. The molecule has 0 saturated heterocycles. The first-order chi connectivity index (χ1) is 11.8. The SMILES string of the molecule is COc1ccccc1C(OCCN1CCN=C1C)c1ccccc1. The van der Waals surface area contributed by atoms with Crippen molar-refractivity contribution in [2.24, 2.45) is 4.99 Å². The van der Waals surface area contributed by atoms with Gasteiger partial charge in [0, 0.05) is 18.7 Å². The zero-order valence-corrected chi connectivity index (χ0v) is 14.3. The molecule has 0 aliphatic carbocycles. The van der Waals surface area contributed by atoms with Crippen LogP contribution >= 0.6 is 0 Å². The third-order valence-electron chi connectivity index (χ3n) is 4.34. The molecule has 3 rings (SSSR count). The minimum atomic E-state index is -0.137. The highest BCUT2D eigenvalue weighted by molar-refractivity contribution is 5.81. The number of aliphatic imine (C=N–C) groups is 1. The van der Waals surface area contributed by atoms with Gasteiger partial charge in [0.05, 0.1) is 26.1 Å². The minimum absolute atomic E-state index is 0.137. The van der Waals surface area contributed by atoms with Crippen LogP contribution in [0.25, 0.3) is 0 Å². The van der Waals surface area contributed by atoms with Gasteiger partial charge in [-0.25, -0.2) is 0 Å². The van der Waals surface area contributed by atoms with E-state index in [9.17, 15) is 0 Å². The molecule has 1 aliphatic heterocycles. The standard InChI is InChI=1S/C20H24N2O2/c1-16-21-12-13-22(16)14-15-24-20(17-8-4-3-5-9-17)18-10-6-7-11-19(18)23-2/h3-11,20H,12-15H2,1-2H3. The summed E-state index contributed by atoms with van der Waals surface area (Å²) in [5.41, 5.74) is 2.19. The van der Waals surface area contributed by atoms with Crippen LogP contribution in [0.1, 0.15) is 24.2 Å². The Morgan fingerprint density at radius 1 is 1.08 bits per heavy atom. The molecule has 1 aliphatic rings. The van der Waals surface area contributed by atoms with Gasteiger partial charge in [-0.1, -0.05) is 48.5 Å². The number of hydrogen-bond acceptors (Lipinski definition) is 4. The summed E-state index contributed by atoms with van der Waals surface area (Å²) in [6.45, 7) is 5.43. The number of nitrogens with zero attached hydrogens (tertiary/aromatic N) is 2. The number of methoxy groups -OCH3 is 1. The largest absolute Gasteiger partial charge is 0.496 e. The normalized spacial score (nSPS) is 15.2. The summed E-state index contributed by atoms with van der Waals surface area (Å²) >= 11 is 0. The Morgan fingerprint density at radius 2 is 1.83 bits per heavy atom. The van der Waals surface area contributed by atoms with Crippen molar-refractivity contribution in [2.75, 3.05) is 33.4 Å². The second kappa shape index (κ2) is 7.97. The summed E-state index contributed by atoms with van der Waals surface area (Å²) in [6.07, 6.45) is -0.137. The van der Waals surface area contributed by atoms with E-state index in [-0.39, 0.29) is 6.10 Å². The predicted molar refractivity (Wildman–Crippen MR) is 96.8 cm³/mol. The van der Waals surface area contributed by atoms with E-state index in [2.05, 4.69) is 35.0 Å². The van der Waals surface area contributed by atoms with Crippen molar-refractivity contribution < 1.29 is 9.47 Å². The first-order valence-electron chi connectivity index (χ1n) is 8.35. The molecule has 2 aromatic carbocycles. The van der Waals surface area contributed by atoms with Crippen LogP contribution < -0.4 is 4.74 Å². The third-order valence-corrected chi connectivity index (χ3v) is 4.34. The zero-order chi connectivity index (χ0) is 16.8. The molecule has 4 heteroatoms. The van der Waals surface area contributed by atoms with Crippen LogP contribution in [0.5, 0.6) is 5.75 Å². The molecule has 0 aromatic heterocycles. The fourth-order valence-corrected chi connectivity index (χ4v) is 3.03. The monoisotopic (exact) mass is 324 g/mol. The lowest BCUT2D eigenvalue weighted by molar-refractivity contribution is 0.0704. The van der Waals surface area contributed by atoms with E-state index >= 15 is 0 Å². The van der Waals surface area contributed by atoms with Gasteiger partial charge in [-0.3, -0.25) is 4.99 Å². The molecule has 24 heavy (non-hydrogen) atoms. The van der Waals surface area contributed by atoms with Crippen LogP contribution in [-0.4, -0.2) is 44.1 Å². The maximum absolute atomic E-state index is 6.29. The van der Waals surface area contributed by atoms with Crippen LogP contribution in [0, 0.1) is 0 Å². The summed E-state index contributed by atoms with van der Waals surface area (Å²) in [4.78, 5) is 6.69. The van der Waals surface area contributed by atoms with Crippen molar-refractivity contribution in [1.29, 1.82) is 0 Å². The van der Waals surface area contributed by atoms with E-state index in [1.165, 1.54) is 0 Å². The molecular formula is C20H24N2O2. The maximum atomic E-state index is 6.29. The van der Waals surface area contributed by atoms with E-state index in [4.69, 9.17) is 9.47 Å². The van der Waals surface area contributed by atoms with Crippen LogP contribution in [0.15, 0.2) is 59.6 Å². The molecule has 2 aromatic rings. The number of ether oxygens (including phenoxy) is 2. The minimum Gasteiger partial charge on any atom is -0.496 e. The molecule has 1 heterocycles. The molecule has 0 spiro atoms. The number of amidine groups is 1. The Hall–Kier alpha value is -2.33. The quantitative estimate of drug-likeness (QED) is 0.781. The number of para-hydroxylation sites is 1. The lowest BCUT2D eigenvalue weighted by Crippen LogP contribution is -2.30. The van der Waals surface area contributed by atoms with Gasteiger partial charge in [-0.2, -0.15) is 0 Å². The topological polar surface area (TPSA) is 34.1 Å². The summed E-state index contributed by atoms with van der Waals surface area (Å²) in [5, 5.41) is 0. The Morgan fingerprint density at radius 3 is 2.54 bits per heavy atom. The van der Waals surface area contributed by atoms with E-state index in [0.29, 0.717) is 6.61 Å². The molecule has 1 atom stereocenters. The first kappa shape index (κ1) is 16.5. The fourth-order valence-electron chi connectivity index (χ4n) is 3.03. The van der Waals surface area contributed by atoms with Crippen LogP contribution in [0.2, 0.25) is 0 Å². The second-order valence-corrected chi connectivity index (χ2v) is 5.82. The zero-order valence-electron chi connectivity index (χ0n) is 14.3. The Kier molecular flexibility index (Phi) is 5.49. The van der Waals surface area contributed by atoms with Gasteiger partial charge in [-0.15, -0.1) is 0 Å². The second-order valence-electron chi connectivity index (χ2n) is 5.82. The van der Waals surface area contributed by atoms with Gasteiger partial charge in [-0.05, 0) is 18.6 Å². The van der Waals surface area contributed by atoms with E-state index in [1.807, 2.05) is 36.4 Å². The van der Waals surface area contributed by atoms with E-state index in [0.717, 1.165) is 42.3 Å². The van der Waals surface area contributed by atoms with Gasteiger partial charge in [0.25, 0.3) is 0 Å². The fraction of sp³-hybridized carbons (Fsp3) is 0.350. The highest BCUT2D eigenvalue weighted by Gasteiger charge is 2.20. The van der Waals surface area contributed by atoms with Gasteiger partial charge < -0.3 is 14.4 Å². The molecule has 0 fully saturated rings. The molecule has 0 amide bonds. The predicted octanol–water partition coefficient (Wildman–Crippen LogP) is 3.54. The van der Waals surface area contributed by atoms with Crippen LogP contribution in [0.3, 0.4) is 0 Å². The van der Waals surface area contributed by atoms with Crippen molar-refractivity contribution in [1.82, 2.24) is 4.90 Å². The average molecular weight is 324 g/mol. The molecular weight excluding hydrogens is 300 g/mol. The Labute approximate surface area is 143 Å². The molecule has 1 unspecified atom stereocenters. The number of benzene rings is 2. The highest BCUT2D eigenvalue weighted by atomic mass is 16.5. The highest BCUT2D eigenvalue weighted by Crippen LogP contribution is 2.32. The smallest absolute Gasteiger partial charge is 0.125 e. The van der Waals surface area contributed by atoms with Crippen molar-refractivity contribution in [3.8, 4) is 5.75 Å². The maximum Gasteiger partial charge on any atom is 0.125 e. The summed E-state index contributed by atoms with van der Waals surface area (Å²) < 4.78 is 11.8. The van der Waals surface area contributed by atoms with Crippen molar-refractivity contribution >= 4 is 5.84 Å². The number of rotatable bonds is 7. The molecule has 126 valence electrons. The Balaban J connectivity index is 1.77.